The van der Waals surface area contributed by atoms with Crippen molar-refractivity contribution in [2.75, 3.05) is 0 Å². The third-order valence-electron chi connectivity index (χ3n) is 5.64. The van der Waals surface area contributed by atoms with Gasteiger partial charge in [-0.25, -0.2) is 0 Å². The largest absolute Gasteiger partial charge is 0.295 e. The minimum atomic E-state index is 0.299. The first-order valence-electron chi connectivity index (χ1n) is 6.16. The van der Waals surface area contributed by atoms with Gasteiger partial charge >= 0.3 is 0 Å². The first-order chi connectivity index (χ1) is 6.93. The van der Waals surface area contributed by atoms with Crippen LogP contribution in [-0.4, -0.2) is 5.78 Å². The van der Waals surface area contributed by atoms with Gasteiger partial charge in [-0.2, -0.15) is 0 Å². The van der Waals surface area contributed by atoms with E-state index in [2.05, 4.69) is 26.8 Å². The highest BCUT2D eigenvalue weighted by Crippen LogP contribution is 2.78. The lowest BCUT2D eigenvalue weighted by atomic mass is 9.51. The number of carbonyl (C=O) groups is 1. The van der Waals surface area contributed by atoms with E-state index in [0.717, 1.165) is 6.42 Å². The molecule has 0 aromatic carbocycles. The number of carbonyl (C=O) groups excluding carboxylic acids is 1. The van der Waals surface area contributed by atoms with E-state index in [1.807, 2.05) is 6.08 Å². The van der Waals surface area contributed by atoms with Gasteiger partial charge in [0.15, 0.2) is 5.78 Å². The smallest absolute Gasteiger partial charge is 0.159 e. The Morgan fingerprint density at radius 1 is 1.27 bits per heavy atom. The molecule has 82 valence electrons. The fraction of sp³-hybridized carbons (Fsp3) is 0.786. The van der Waals surface area contributed by atoms with Gasteiger partial charge in [0.25, 0.3) is 0 Å². The second kappa shape index (κ2) is 2.39. The SMILES string of the molecule is CC1(C)CCC[C@@]2(C)C=CC(=O)[C@H]3C[C@]312. The Labute approximate surface area is 91.9 Å². The van der Waals surface area contributed by atoms with Crippen LogP contribution < -0.4 is 0 Å². The van der Waals surface area contributed by atoms with E-state index < -0.39 is 0 Å². The van der Waals surface area contributed by atoms with Gasteiger partial charge in [-0.1, -0.05) is 33.3 Å². The van der Waals surface area contributed by atoms with Crippen molar-refractivity contribution in [3.8, 4) is 0 Å². The number of allylic oxidation sites excluding steroid dienone is 2. The van der Waals surface area contributed by atoms with Crippen LogP contribution >= 0.6 is 0 Å². The van der Waals surface area contributed by atoms with Crippen LogP contribution in [0, 0.1) is 22.2 Å². The maximum Gasteiger partial charge on any atom is 0.159 e. The summed E-state index contributed by atoms with van der Waals surface area (Å²) in [6.07, 6.45) is 9.10. The Bertz CT molecular complexity index is 366. The van der Waals surface area contributed by atoms with Gasteiger partial charge in [0.05, 0.1) is 0 Å². The van der Waals surface area contributed by atoms with Crippen LogP contribution in [0.1, 0.15) is 46.5 Å². The molecule has 0 amide bonds. The van der Waals surface area contributed by atoms with E-state index in [0.29, 0.717) is 27.9 Å². The van der Waals surface area contributed by atoms with Gasteiger partial charge < -0.3 is 0 Å². The zero-order valence-corrected chi connectivity index (χ0v) is 9.97. The number of hydrogen-bond donors (Lipinski definition) is 0. The third kappa shape index (κ3) is 0.885. The summed E-state index contributed by atoms with van der Waals surface area (Å²) in [6, 6.07) is 0. The van der Waals surface area contributed by atoms with Crippen LogP contribution in [-0.2, 0) is 4.79 Å². The lowest BCUT2D eigenvalue weighted by molar-refractivity contribution is -0.120. The Hall–Kier alpha value is -0.590. The Morgan fingerprint density at radius 3 is 2.73 bits per heavy atom. The van der Waals surface area contributed by atoms with Crippen molar-refractivity contribution < 1.29 is 4.79 Å². The van der Waals surface area contributed by atoms with Crippen LogP contribution in [0.3, 0.4) is 0 Å². The molecule has 1 nitrogen and oxygen atoms in total. The fourth-order valence-corrected chi connectivity index (χ4v) is 4.72. The molecule has 15 heavy (non-hydrogen) atoms. The van der Waals surface area contributed by atoms with E-state index in [9.17, 15) is 4.79 Å². The average molecular weight is 204 g/mol. The summed E-state index contributed by atoms with van der Waals surface area (Å²) in [5, 5.41) is 0. The number of ketones is 1. The normalized spacial score (nSPS) is 50.9. The Kier molecular flexibility index (Phi) is 1.53. The van der Waals surface area contributed by atoms with Gasteiger partial charge in [-0.05, 0) is 41.6 Å². The summed E-state index contributed by atoms with van der Waals surface area (Å²) in [5.41, 5.74) is 0.961. The molecule has 0 N–H and O–H groups in total. The third-order valence-corrected chi connectivity index (χ3v) is 5.64. The Balaban J connectivity index is 2.14. The second-order valence-corrected chi connectivity index (χ2v) is 6.62. The van der Waals surface area contributed by atoms with Gasteiger partial charge in [0, 0.05) is 5.92 Å². The molecular weight excluding hydrogens is 184 g/mol. The summed E-state index contributed by atoms with van der Waals surface area (Å²) in [5.74, 6) is 0.741. The summed E-state index contributed by atoms with van der Waals surface area (Å²) < 4.78 is 0. The molecule has 1 heteroatoms. The average Bonchev–Trinajstić information content (AvgIpc) is 2.88. The maximum absolute atomic E-state index is 11.8. The molecule has 0 aromatic heterocycles. The molecule has 0 aliphatic heterocycles. The fourth-order valence-electron chi connectivity index (χ4n) is 4.72. The number of rotatable bonds is 0. The van der Waals surface area contributed by atoms with Crippen molar-refractivity contribution in [1.82, 2.24) is 0 Å². The van der Waals surface area contributed by atoms with Gasteiger partial charge in [0.1, 0.15) is 0 Å². The molecule has 0 heterocycles. The van der Waals surface area contributed by atoms with E-state index in [4.69, 9.17) is 0 Å². The zero-order chi connectivity index (χ0) is 10.9. The van der Waals surface area contributed by atoms with E-state index in [1.54, 1.807) is 0 Å². The lowest BCUT2D eigenvalue weighted by Crippen LogP contribution is -2.46. The summed E-state index contributed by atoms with van der Waals surface area (Å²) in [6.45, 7) is 7.12. The zero-order valence-electron chi connectivity index (χ0n) is 9.97. The van der Waals surface area contributed by atoms with Crippen molar-refractivity contribution in [2.45, 2.75) is 46.5 Å². The molecule has 3 aliphatic rings. The van der Waals surface area contributed by atoms with Crippen LogP contribution in [0.2, 0.25) is 0 Å². The van der Waals surface area contributed by atoms with Crippen LogP contribution in [0.15, 0.2) is 12.2 Å². The molecular formula is C14H20O. The summed E-state index contributed by atoms with van der Waals surface area (Å²) >= 11 is 0. The molecule has 0 bridgehead atoms. The Morgan fingerprint density at radius 2 is 2.00 bits per heavy atom. The molecule has 0 aromatic rings. The molecule has 3 rings (SSSR count). The minimum absolute atomic E-state index is 0.299. The molecule has 1 spiro atoms. The highest BCUT2D eigenvalue weighted by atomic mass is 16.1. The van der Waals surface area contributed by atoms with Crippen LogP contribution in [0.25, 0.3) is 0 Å². The highest BCUT2D eigenvalue weighted by Gasteiger charge is 2.73. The second-order valence-electron chi connectivity index (χ2n) is 6.62. The summed E-state index contributed by atoms with van der Waals surface area (Å²) in [7, 11) is 0. The van der Waals surface area contributed by atoms with Crippen molar-refractivity contribution in [1.29, 1.82) is 0 Å². The van der Waals surface area contributed by atoms with Crippen molar-refractivity contribution in [3.63, 3.8) is 0 Å². The molecule has 0 saturated heterocycles. The molecule has 0 unspecified atom stereocenters. The van der Waals surface area contributed by atoms with E-state index >= 15 is 0 Å². The van der Waals surface area contributed by atoms with E-state index in [1.165, 1.54) is 19.3 Å². The minimum Gasteiger partial charge on any atom is -0.295 e. The predicted molar refractivity (Wildman–Crippen MR) is 60.4 cm³/mol. The molecule has 2 fully saturated rings. The molecule has 3 atom stereocenters. The topological polar surface area (TPSA) is 17.1 Å². The first kappa shape index (κ1) is 9.62. The number of hydrogen-bond acceptors (Lipinski definition) is 1. The molecule has 2 saturated carbocycles. The van der Waals surface area contributed by atoms with Gasteiger partial charge in [-0.3, -0.25) is 4.79 Å². The first-order valence-corrected chi connectivity index (χ1v) is 6.16. The monoisotopic (exact) mass is 204 g/mol. The standard InChI is InChI=1S/C14H20O/c1-12(2)6-4-7-13(3)8-5-11(15)10-9-14(10,12)13/h5,8,10H,4,6-7,9H2,1-3H3/t10-,13+,14+/m1/s1. The van der Waals surface area contributed by atoms with E-state index in [-0.39, 0.29) is 0 Å². The molecule has 0 radical (unpaired) electrons. The van der Waals surface area contributed by atoms with Crippen molar-refractivity contribution in [2.24, 2.45) is 22.2 Å². The van der Waals surface area contributed by atoms with Crippen molar-refractivity contribution >= 4 is 5.78 Å². The van der Waals surface area contributed by atoms with Gasteiger partial charge in [-0.15, -0.1) is 0 Å². The maximum atomic E-state index is 11.8. The predicted octanol–water partition coefficient (Wildman–Crippen LogP) is 3.35. The quantitative estimate of drug-likeness (QED) is 0.591. The lowest BCUT2D eigenvalue weighted by Gasteiger charge is -2.52. The van der Waals surface area contributed by atoms with Crippen LogP contribution in [0.4, 0.5) is 0 Å². The summed E-state index contributed by atoms with van der Waals surface area (Å²) in [4.78, 5) is 11.8. The molecule has 3 aliphatic carbocycles. The van der Waals surface area contributed by atoms with Crippen molar-refractivity contribution in [3.05, 3.63) is 12.2 Å². The van der Waals surface area contributed by atoms with Gasteiger partial charge in [0.2, 0.25) is 0 Å². The van der Waals surface area contributed by atoms with Crippen LogP contribution in [0.5, 0.6) is 0 Å². The highest BCUT2D eigenvalue weighted by molar-refractivity contribution is 5.96.